The molecule has 102 valence electrons. The van der Waals surface area contributed by atoms with E-state index in [0.29, 0.717) is 5.56 Å². The van der Waals surface area contributed by atoms with Gasteiger partial charge in [-0.1, -0.05) is 60.2 Å². The number of amides is 1. The zero-order chi connectivity index (χ0) is 14.4. The van der Waals surface area contributed by atoms with Crippen molar-refractivity contribution in [3.05, 3.63) is 71.3 Å². The maximum absolute atomic E-state index is 11.7. The third kappa shape index (κ3) is 3.76. The van der Waals surface area contributed by atoms with Crippen molar-refractivity contribution in [1.82, 2.24) is 5.43 Å². The van der Waals surface area contributed by atoms with Crippen LogP contribution in [-0.4, -0.2) is 17.2 Å². The summed E-state index contributed by atoms with van der Waals surface area (Å²) in [4.78, 5) is 11.7. The molecule has 2 aromatic carbocycles. The summed E-state index contributed by atoms with van der Waals surface area (Å²) < 4.78 is 0. The molecule has 2 rings (SSSR count). The second-order valence-electron chi connectivity index (χ2n) is 4.46. The maximum Gasteiger partial charge on any atom is 0.273 e. The van der Waals surface area contributed by atoms with Gasteiger partial charge in [-0.2, -0.15) is 5.10 Å². The van der Waals surface area contributed by atoms with Crippen LogP contribution in [0.25, 0.3) is 0 Å². The summed E-state index contributed by atoms with van der Waals surface area (Å²) in [5, 5.41) is 13.7. The van der Waals surface area contributed by atoms with Crippen molar-refractivity contribution >= 4 is 12.1 Å². The fraction of sp³-hybridized carbons (Fsp3) is 0.125. The summed E-state index contributed by atoms with van der Waals surface area (Å²) in [7, 11) is 0. The van der Waals surface area contributed by atoms with E-state index in [1.807, 2.05) is 37.3 Å². The van der Waals surface area contributed by atoms with Gasteiger partial charge >= 0.3 is 0 Å². The van der Waals surface area contributed by atoms with Gasteiger partial charge < -0.3 is 5.11 Å². The minimum atomic E-state index is -1.22. The number of nitrogens with zero attached hydrogens (tertiary/aromatic N) is 1. The quantitative estimate of drug-likeness (QED) is 0.659. The van der Waals surface area contributed by atoms with Crippen LogP contribution >= 0.6 is 0 Å². The minimum Gasteiger partial charge on any atom is -0.378 e. The molecule has 20 heavy (non-hydrogen) atoms. The van der Waals surface area contributed by atoms with Crippen LogP contribution in [0.1, 0.15) is 22.8 Å². The van der Waals surface area contributed by atoms with Crippen molar-refractivity contribution in [2.45, 2.75) is 13.0 Å². The molecule has 0 heterocycles. The van der Waals surface area contributed by atoms with Crippen molar-refractivity contribution in [2.75, 3.05) is 0 Å². The molecule has 1 amide bonds. The summed E-state index contributed by atoms with van der Waals surface area (Å²) in [5.41, 5.74) is 4.90. The van der Waals surface area contributed by atoms with Crippen LogP contribution < -0.4 is 5.43 Å². The Morgan fingerprint density at radius 3 is 2.45 bits per heavy atom. The van der Waals surface area contributed by atoms with Gasteiger partial charge in [0.05, 0.1) is 6.21 Å². The number of carbonyl (C=O) groups is 1. The third-order valence-corrected chi connectivity index (χ3v) is 2.83. The molecule has 2 aromatic rings. The number of aliphatic hydroxyl groups excluding tert-OH is 1. The van der Waals surface area contributed by atoms with Gasteiger partial charge in [0.15, 0.2) is 6.10 Å². The smallest absolute Gasteiger partial charge is 0.273 e. The van der Waals surface area contributed by atoms with E-state index in [-0.39, 0.29) is 0 Å². The number of aliphatic hydroxyl groups is 1. The normalized spacial score (nSPS) is 12.3. The Bertz CT molecular complexity index is 592. The van der Waals surface area contributed by atoms with E-state index in [1.54, 1.807) is 24.3 Å². The summed E-state index contributed by atoms with van der Waals surface area (Å²) in [5.74, 6) is -0.556. The van der Waals surface area contributed by atoms with Gasteiger partial charge in [0.2, 0.25) is 0 Å². The SMILES string of the molecule is Cc1ccc(/C=N\NC(=O)[C@@H](O)c2ccccc2)cc1. The fourth-order valence-corrected chi connectivity index (χ4v) is 1.67. The molecule has 0 fully saturated rings. The van der Waals surface area contributed by atoms with Crippen molar-refractivity contribution in [3.63, 3.8) is 0 Å². The number of hydrogen-bond donors (Lipinski definition) is 2. The lowest BCUT2D eigenvalue weighted by Crippen LogP contribution is -2.25. The summed E-state index contributed by atoms with van der Waals surface area (Å²) in [6.07, 6.45) is 0.320. The Hall–Kier alpha value is -2.46. The zero-order valence-electron chi connectivity index (χ0n) is 11.2. The van der Waals surface area contributed by atoms with Gasteiger partial charge in [0, 0.05) is 0 Å². The number of hydrazone groups is 1. The van der Waals surface area contributed by atoms with Crippen molar-refractivity contribution in [2.24, 2.45) is 5.10 Å². The Morgan fingerprint density at radius 1 is 1.15 bits per heavy atom. The Labute approximate surface area is 117 Å². The molecule has 0 aliphatic heterocycles. The highest BCUT2D eigenvalue weighted by Gasteiger charge is 2.15. The summed E-state index contributed by atoms with van der Waals surface area (Å²) in [6.45, 7) is 2.00. The van der Waals surface area contributed by atoms with Crippen molar-refractivity contribution < 1.29 is 9.90 Å². The molecule has 0 aliphatic carbocycles. The predicted molar refractivity (Wildman–Crippen MR) is 78.3 cm³/mol. The average molecular weight is 268 g/mol. The molecule has 4 heteroatoms. The van der Waals surface area contributed by atoms with Gasteiger partial charge in [-0.3, -0.25) is 4.79 Å². The van der Waals surface area contributed by atoms with Gasteiger partial charge in [-0.25, -0.2) is 5.43 Å². The third-order valence-electron chi connectivity index (χ3n) is 2.83. The van der Waals surface area contributed by atoms with E-state index in [4.69, 9.17) is 0 Å². The van der Waals surface area contributed by atoms with E-state index < -0.39 is 12.0 Å². The van der Waals surface area contributed by atoms with E-state index in [0.717, 1.165) is 11.1 Å². The van der Waals surface area contributed by atoms with E-state index in [9.17, 15) is 9.90 Å². The summed E-state index contributed by atoms with van der Waals surface area (Å²) in [6, 6.07) is 16.5. The molecule has 0 aromatic heterocycles. The highest BCUT2D eigenvalue weighted by Crippen LogP contribution is 2.11. The molecule has 0 aliphatic rings. The number of rotatable bonds is 4. The molecular weight excluding hydrogens is 252 g/mol. The molecule has 0 saturated carbocycles. The molecule has 0 saturated heterocycles. The lowest BCUT2D eigenvalue weighted by molar-refractivity contribution is -0.129. The first-order valence-corrected chi connectivity index (χ1v) is 6.29. The largest absolute Gasteiger partial charge is 0.378 e. The average Bonchev–Trinajstić information content (AvgIpc) is 2.49. The van der Waals surface area contributed by atoms with Crippen LogP contribution in [0.4, 0.5) is 0 Å². The second-order valence-corrected chi connectivity index (χ2v) is 4.46. The van der Waals surface area contributed by atoms with Crippen molar-refractivity contribution in [1.29, 1.82) is 0 Å². The first-order valence-electron chi connectivity index (χ1n) is 6.29. The highest BCUT2D eigenvalue weighted by atomic mass is 16.3. The first-order chi connectivity index (χ1) is 9.66. The number of carbonyl (C=O) groups excluding carboxylic acids is 1. The van der Waals surface area contributed by atoms with Crippen molar-refractivity contribution in [3.8, 4) is 0 Å². The summed E-state index contributed by atoms with van der Waals surface area (Å²) >= 11 is 0. The minimum absolute atomic E-state index is 0.538. The molecule has 0 bridgehead atoms. The Balaban J connectivity index is 1.93. The topological polar surface area (TPSA) is 61.7 Å². The van der Waals surface area contributed by atoms with Crippen LogP contribution in [0.2, 0.25) is 0 Å². The van der Waals surface area contributed by atoms with Crippen LogP contribution in [0.3, 0.4) is 0 Å². The van der Waals surface area contributed by atoms with E-state index >= 15 is 0 Å². The van der Waals surface area contributed by atoms with E-state index in [2.05, 4.69) is 10.5 Å². The maximum atomic E-state index is 11.7. The highest BCUT2D eigenvalue weighted by molar-refractivity contribution is 5.84. The Kier molecular flexibility index (Phi) is 4.63. The molecule has 4 nitrogen and oxygen atoms in total. The van der Waals surface area contributed by atoms with Crippen LogP contribution in [-0.2, 0) is 4.79 Å². The van der Waals surface area contributed by atoms with Gasteiger partial charge in [-0.05, 0) is 18.1 Å². The monoisotopic (exact) mass is 268 g/mol. The molecule has 0 spiro atoms. The zero-order valence-corrected chi connectivity index (χ0v) is 11.2. The standard InChI is InChI=1S/C16H16N2O2/c1-12-7-9-13(10-8-12)11-17-18-16(20)15(19)14-5-3-2-4-6-14/h2-11,15,19H,1H3,(H,18,20)/b17-11-/t15-/m0/s1. The first kappa shape index (κ1) is 14.0. The number of hydrogen-bond acceptors (Lipinski definition) is 3. The predicted octanol–water partition coefficient (Wildman–Crippen LogP) is 2.18. The second kappa shape index (κ2) is 6.63. The van der Waals surface area contributed by atoms with Crippen LogP contribution in [0.15, 0.2) is 59.7 Å². The van der Waals surface area contributed by atoms with Gasteiger partial charge in [0.1, 0.15) is 0 Å². The molecular formula is C16H16N2O2. The molecule has 1 atom stereocenters. The van der Waals surface area contributed by atoms with Gasteiger partial charge in [0.25, 0.3) is 5.91 Å². The lowest BCUT2D eigenvalue weighted by Gasteiger charge is -2.08. The molecule has 2 N–H and O–H groups in total. The number of nitrogens with one attached hydrogen (secondary N) is 1. The van der Waals surface area contributed by atoms with Crippen LogP contribution in [0, 0.1) is 6.92 Å². The molecule has 0 radical (unpaired) electrons. The number of benzene rings is 2. The fourth-order valence-electron chi connectivity index (χ4n) is 1.67. The lowest BCUT2D eigenvalue weighted by atomic mass is 10.1. The Morgan fingerprint density at radius 2 is 1.80 bits per heavy atom. The van der Waals surface area contributed by atoms with Gasteiger partial charge in [-0.15, -0.1) is 0 Å². The molecule has 0 unspecified atom stereocenters. The van der Waals surface area contributed by atoms with Crippen LogP contribution in [0.5, 0.6) is 0 Å². The van der Waals surface area contributed by atoms with E-state index in [1.165, 1.54) is 6.21 Å². The number of aryl methyl sites for hydroxylation is 1.